The maximum atomic E-state index is 14.0. The first-order valence-electron chi connectivity index (χ1n) is 9.32. The Bertz CT molecular complexity index is 1040. The van der Waals surface area contributed by atoms with E-state index in [1.54, 1.807) is 18.3 Å². The Balaban J connectivity index is 1.60. The van der Waals surface area contributed by atoms with Gasteiger partial charge in [0.1, 0.15) is 11.6 Å². The summed E-state index contributed by atoms with van der Waals surface area (Å²) < 4.78 is 43.9. The van der Waals surface area contributed by atoms with E-state index in [-0.39, 0.29) is 18.1 Å². The third kappa shape index (κ3) is 6.26. The average Bonchev–Trinajstić information content (AvgIpc) is 2.72. The molecule has 0 radical (unpaired) electrons. The van der Waals surface area contributed by atoms with Crippen molar-refractivity contribution in [3.63, 3.8) is 0 Å². The lowest BCUT2D eigenvalue weighted by Gasteiger charge is -2.28. The van der Waals surface area contributed by atoms with Crippen LogP contribution >= 0.6 is 0 Å². The van der Waals surface area contributed by atoms with Crippen molar-refractivity contribution in [3.05, 3.63) is 59.5 Å². The summed E-state index contributed by atoms with van der Waals surface area (Å²) in [6, 6.07) is 7.71. The molecule has 30 heavy (non-hydrogen) atoms. The summed E-state index contributed by atoms with van der Waals surface area (Å²) in [4.78, 5) is 18.7. The zero-order chi connectivity index (χ0) is 21.6. The molecule has 1 aromatic heterocycles. The highest BCUT2D eigenvalue weighted by Crippen LogP contribution is 2.20. The van der Waals surface area contributed by atoms with E-state index in [1.807, 2.05) is 6.07 Å². The molecule has 1 saturated heterocycles. The number of halogens is 1. The summed E-state index contributed by atoms with van der Waals surface area (Å²) in [7, 11) is -3.57. The fourth-order valence-electron chi connectivity index (χ4n) is 2.94. The molecule has 2 N–H and O–H groups in total. The van der Waals surface area contributed by atoms with Crippen molar-refractivity contribution in [2.45, 2.75) is 6.54 Å². The molecule has 0 spiro atoms. The summed E-state index contributed by atoms with van der Waals surface area (Å²) in [6.45, 7) is 2.84. The van der Waals surface area contributed by atoms with Crippen molar-refractivity contribution < 1.29 is 22.3 Å². The summed E-state index contributed by atoms with van der Waals surface area (Å²) >= 11 is 0. The Labute approximate surface area is 174 Å². The van der Waals surface area contributed by atoms with Gasteiger partial charge >= 0.3 is 0 Å². The molecule has 0 aliphatic carbocycles. The number of nitrogens with one attached hydrogen (secondary N) is 2. The number of hydrogen-bond acceptors (Lipinski definition) is 6. The van der Waals surface area contributed by atoms with E-state index in [9.17, 15) is 17.6 Å². The number of ether oxygens (including phenoxy) is 1. The third-order valence-corrected chi connectivity index (χ3v) is 4.93. The number of anilines is 2. The van der Waals surface area contributed by atoms with Crippen molar-refractivity contribution in [2.75, 3.05) is 42.2 Å². The third-order valence-electron chi connectivity index (χ3n) is 4.34. The highest BCUT2D eigenvalue weighted by Gasteiger charge is 2.14. The minimum Gasteiger partial charge on any atom is -0.378 e. The molecule has 0 atom stereocenters. The zero-order valence-electron chi connectivity index (χ0n) is 16.5. The van der Waals surface area contributed by atoms with Gasteiger partial charge in [-0.3, -0.25) is 9.52 Å². The van der Waals surface area contributed by atoms with Gasteiger partial charge in [-0.1, -0.05) is 6.07 Å². The van der Waals surface area contributed by atoms with Crippen molar-refractivity contribution in [1.29, 1.82) is 0 Å². The SMILES string of the molecule is CS(=O)(=O)Nc1ccc(CNC(=O)C=Cc2cccnc2N2CCOCC2)cc1F. The van der Waals surface area contributed by atoms with Crippen LogP contribution in [-0.2, 0) is 26.1 Å². The van der Waals surface area contributed by atoms with E-state index in [4.69, 9.17) is 4.74 Å². The Morgan fingerprint density at radius 3 is 2.77 bits per heavy atom. The molecule has 8 nitrogen and oxygen atoms in total. The summed E-state index contributed by atoms with van der Waals surface area (Å²) in [6.07, 6.45) is 5.74. The summed E-state index contributed by atoms with van der Waals surface area (Å²) in [5.74, 6) is -0.264. The van der Waals surface area contributed by atoms with E-state index < -0.39 is 15.8 Å². The first-order chi connectivity index (χ1) is 14.3. The molecule has 0 unspecified atom stereocenters. The van der Waals surface area contributed by atoms with Gasteiger partial charge in [0.15, 0.2) is 0 Å². The van der Waals surface area contributed by atoms with Crippen LogP contribution in [-0.4, -0.2) is 51.9 Å². The number of carbonyl (C=O) groups excluding carboxylic acids is 1. The molecule has 10 heteroatoms. The van der Waals surface area contributed by atoms with Gasteiger partial charge in [0.2, 0.25) is 15.9 Å². The number of nitrogens with zero attached hydrogens (tertiary/aromatic N) is 2. The van der Waals surface area contributed by atoms with Crippen LogP contribution in [0, 0.1) is 5.82 Å². The van der Waals surface area contributed by atoms with Crippen LogP contribution in [0.15, 0.2) is 42.6 Å². The molecule has 0 bridgehead atoms. The van der Waals surface area contributed by atoms with Gasteiger partial charge in [0.05, 0.1) is 25.2 Å². The number of sulfonamides is 1. The lowest BCUT2D eigenvalue weighted by molar-refractivity contribution is -0.116. The molecule has 2 aromatic rings. The lowest BCUT2D eigenvalue weighted by atomic mass is 10.2. The second-order valence-electron chi connectivity index (χ2n) is 6.76. The van der Waals surface area contributed by atoms with Gasteiger partial charge in [-0.05, 0) is 35.9 Å². The largest absolute Gasteiger partial charge is 0.378 e. The molecule has 1 fully saturated rings. The minimum atomic E-state index is -3.57. The molecule has 3 rings (SSSR count). The van der Waals surface area contributed by atoms with E-state index >= 15 is 0 Å². The van der Waals surface area contributed by atoms with Crippen LogP contribution in [0.4, 0.5) is 15.9 Å². The van der Waals surface area contributed by atoms with E-state index in [0.29, 0.717) is 18.8 Å². The predicted octanol–water partition coefficient (Wildman–Crippen LogP) is 1.76. The fourth-order valence-corrected chi connectivity index (χ4v) is 3.51. The fraction of sp³-hybridized carbons (Fsp3) is 0.300. The number of benzene rings is 1. The van der Waals surface area contributed by atoms with Gasteiger partial charge < -0.3 is 15.0 Å². The van der Waals surface area contributed by atoms with Crippen LogP contribution in [0.5, 0.6) is 0 Å². The smallest absolute Gasteiger partial charge is 0.244 e. The maximum absolute atomic E-state index is 14.0. The quantitative estimate of drug-likeness (QED) is 0.644. The van der Waals surface area contributed by atoms with Gasteiger partial charge in [0, 0.05) is 37.5 Å². The predicted molar refractivity (Wildman–Crippen MR) is 113 cm³/mol. The molecule has 2 heterocycles. The lowest BCUT2D eigenvalue weighted by Crippen LogP contribution is -2.37. The summed E-state index contributed by atoms with van der Waals surface area (Å²) in [5, 5.41) is 2.68. The second-order valence-corrected chi connectivity index (χ2v) is 8.50. The highest BCUT2D eigenvalue weighted by atomic mass is 32.2. The van der Waals surface area contributed by atoms with E-state index in [2.05, 4.69) is 19.9 Å². The topological polar surface area (TPSA) is 101 Å². The second kappa shape index (κ2) is 9.68. The van der Waals surface area contributed by atoms with Gasteiger partial charge in [-0.25, -0.2) is 17.8 Å². The first-order valence-corrected chi connectivity index (χ1v) is 11.2. The van der Waals surface area contributed by atoms with Crippen molar-refractivity contribution in [3.8, 4) is 0 Å². The van der Waals surface area contributed by atoms with E-state index in [0.717, 1.165) is 30.7 Å². The van der Waals surface area contributed by atoms with Crippen LogP contribution in [0.2, 0.25) is 0 Å². The Morgan fingerprint density at radius 2 is 2.07 bits per heavy atom. The van der Waals surface area contributed by atoms with Crippen molar-refractivity contribution in [1.82, 2.24) is 10.3 Å². The number of hydrogen-bond donors (Lipinski definition) is 2. The molecule has 1 aliphatic heterocycles. The molecule has 0 saturated carbocycles. The highest BCUT2D eigenvalue weighted by molar-refractivity contribution is 7.92. The number of rotatable bonds is 7. The zero-order valence-corrected chi connectivity index (χ0v) is 17.3. The average molecular weight is 434 g/mol. The molecular formula is C20H23FN4O4S. The molecule has 1 aliphatic rings. The Hall–Kier alpha value is -2.98. The molecule has 160 valence electrons. The van der Waals surface area contributed by atoms with Gasteiger partial charge in [-0.2, -0.15) is 0 Å². The van der Waals surface area contributed by atoms with Crippen LogP contribution in [0.25, 0.3) is 6.08 Å². The van der Waals surface area contributed by atoms with Crippen LogP contribution in [0.1, 0.15) is 11.1 Å². The Kier molecular flexibility index (Phi) is 7.01. The minimum absolute atomic E-state index is 0.0998. The molecule has 1 amide bonds. The maximum Gasteiger partial charge on any atom is 0.244 e. The molecular weight excluding hydrogens is 411 g/mol. The van der Waals surface area contributed by atoms with Crippen molar-refractivity contribution >= 4 is 33.5 Å². The number of morpholine rings is 1. The number of amides is 1. The number of aromatic nitrogens is 1. The van der Waals surface area contributed by atoms with Gasteiger partial charge in [-0.15, -0.1) is 0 Å². The number of pyridine rings is 1. The monoisotopic (exact) mass is 434 g/mol. The molecule has 1 aromatic carbocycles. The number of carbonyl (C=O) groups is 1. The van der Waals surface area contributed by atoms with Crippen molar-refractivity contribution in [2.24, 2.45) is 0 Å². The van der Waals surface area contributed by atoms with Gasteiger partial charge in [0.25, 0.3) is 0 Å². The standard InChI is InChI=1S/C20H23FN4O4S/c1-30(27,28)24-18-6-4-15(13-17(18)21)14-23-19(26)7-5-16-3-2-8-22-20(16)25-9-11-29-12-10-25/h2-8,13,24H,9-12,14H2,1H3,(H,23,26). The Morgan fingerprint density at radius 1 is 1.30 bits per heavy atom. The van der Waals surface area contributed by atoms with Crippen LogP contribution < -0.4 is 14.9 Å². The van der Waals surface area contributed by atoms with E-state index in [1.165, 1.54) is 24.3 Å². The first kappa shape index (κ1) is 21.7. The van der Waals surface area contributed by atoms with Crippen LogP contribution in [0.3, 0.4) is 0 Å². The summed E-state index contributed by atoms with van der Waals surface area (Å²) in [5.41, 5.74) is 1.18. The normalized spacial score (nSPS) is 14.7.